The summed E-state index contributed by atoms with van der Waals surface area (Å²) < 4.78 is 35.5. The molecule has 0 aliphatic carbocycles. The van der Waals surface area contributed by atoms with Gasteiger partial charge in [0.05, 0.1) is 24.8 Å². The lowest BCUT2D eigenvalue weighted by molar-refractivity contribution is -0.121. The van der Waals surface area contributed by atoms with Gasteiger partial charge in [-0.3, -0.25) is 9.59 Å². The minimum Gasteiger partial charge on any atom is -0.497 e. The smallest absolute Gasteiger partial charge is 0.255 e. The van der Waals surface area contributed by atoms with Crippen molar-refractivity contribution in [2.24, 2.45) is 5.10 Å². The third-order valence-electron chi connectivity index (χ3n) is 6.53. The van der Waals surface area contributed by atoms with E-state index < -0.39 is 22.5 Å². The van der Waals surface area contributed by atoms with E-state index in [4.69, 9.17) is 4.74 Å². The number of methoxy groups -OCH3 is 1. The molecule has 0 aliphatic rings. The molecule has 0 atom stereocenters. The molecule has 4 rings (SSSR count). The highest BCUT2D eigenvalue weighted by atomic mass is 32.2. The van der Waals surface area contributed by atoms with Crippen LogP contribution in [0.15, 0.2) is 94.9 Å². The van der Waals surface area contributed by atoms with Crippen LogP contribution in [0, 0.1) is 13.8 Å². The molecule has 0 saturated carbocycles. The number of aromatic nitrogens is 1. The molecule has 10 nitrogen and oxygen atoms in total. The number of hydrogen-bond acceptors (Lipinski definition) is 6. The second-order valence-electron chi connectivity index (χ2n) is 9.62. The number of ether oxygens (including phenoxy) is 1. The summed E-state index contributed by atoms with van der Waals surface area (Å²) in [5.74, 6) is -0.100. The average Bonchev–Trinajstić information content (AvgIpc) is 3.25. The Morgan fingerprint density at radius 3 is 2.26 bits per heavy atom. The third-order valence-corrected chi connectivity index (χ3v) is 8.33. The van der Waals surface area contributed by atoms with Crippen molar-refractivity contribution < 1.29 is 22.7 Å². The summed E-state index contributed by atoms with van der Waals surface area (Å²) in [6, 6.07) is 24.4. The summed E-state index contributed by atoms with van der Waals surface area (Å²) in [7, 11) is -2.45. The molecule has 11 heteroatoms. The van der Waals surface area contributed by atoms with E-state index in [-0.39, 0.29) is 17.3 Å². The van der Waals surface area contributed by atoms with E-state index in [9.17, 15) is 18.0 Å². The first-order valence-electron chi connectivity index (χ1n) is 13.2. The van der Waals surface area contributed by atoms with Crippen molar-refractivity contribution in [2.45, 2.75) is 32.2 Å². The molecule has 4 aromatic rings. The monoisotopic (exact) mass is 587 g/mol. The van der Waals surface area contributed by atoms with Gasteiger partial charge in [-0.05, 0) is 74.0 Å². The number of nitrogens with one attached hydrogen (secondary N) is 2. The van der Waals surface area contributed by atoms with Crippen LogP contribution in [-0.4, -0.2) is 49.0 Å². The Labute approximate surface area is 245 Å². The van der Waals surface area contributed by atoms with E-state index in [0.29, 0.717) is 5.69 Å². The number of sulfonamides is 1. The molecule has 218 valence electrons. The molecule has 1 heterocycles. The highest BCUT2D eigenvalue weighted by Crippen LogP contribution is 2.23. The number of carbonyl (C=O) groups excluding carboxylic acids is 2. The molecule has 0 unspecified atom stereocenters. The van der Waals surface area contributed by atoms with E-state index in [2.05, 4.69) is 20.4 Å². The summed E-state index contributed by atoms with van der Waals surface area (Å²) in [5, 5.41) is 6.72. The zero-order valence-corrected chi connectivity index (χ0v) is 24.7. The summed E-state index contributed by atoms with van der Waals surface area (Å²) in [5.41, 5.74) is 7.32. The fraction of sp³-hybridized carbons (Fsp3) is 0.194. The minimum absolute atomic E-state index is 0.00481. The molecule has 0 bridgehead atoms. The van der Waals surface area contributed by atoms with E-state index in [0.717, 1.165) is 38.3 Å². The number of hydrogen-bond donors (Lipinski definition) is 2. The van der Waals surface area contributed by atoms with E-state index in [1.165, 1.54) is 37.4 Å². The van der Waals surface area contributed by atoms with Crippen LogP contribution in [0.4, 0.5) is 5.69 Å². The molecule has 2 amide bonds. The fourth-order valence-corrected chi connectivity index (χ4v) is 5.88. The van der Waals surface area contributed by atoms with Crippen molar-refractivity contribution in [3.63, 3.8) is 0 Å². The standard InChI is InChI=1S/C31H33N5O5S/c1-22-18-26(23(2)36(22)28-12-14-29(41-4)15-13-28)19-32-34-31(38)21-35(20-25-8-6-5-7-9-25)42(39,40)30-16-10-27(11-17-30)33-24(3)37/h5-19H,20-21H2,1-4H3,(H,33,37)(H,34,38)/b32-19+. The lowest BCUT2D eigenvalue weighted by Crippen LogP contribution is -2.39. The maximum atomic E-state index is 13.6. The van der Waals surface area contributed by atoms with Crippen molar-refractivity contribution in [1.29, 1.82) is 0 Å². The van der Waals surface area contributed by atoms with Crippen molar-refractivity contribution >= 4 is 33.7 Å². The van der Waals surface area contributed by atoms with Crippen molar-refractivity contribution in [1.82, 2.24) is 14.3 Å². The first kappa shape index (κ1) is 30.2. The molecular weight excluding hydrogens is 554 g/mol. The number of carbonyl (C=O) groups is 2. The minimum atomic E-state index is -4.07. The van der Waals surface area contributed by atoms with Crippen molar-refractivity contribution in [2.75, 3.05) is 19.0 Å². The molecule has 0 radical (unpaired) electrons. The highest BCUT2D eigenvalue weighted by molar-refractivity contribution is 7.89. The number of nitrogens with zero attached hydrogens (tertiary/aromatic N) is 3. The molecule has 0 fully saturated rings. The third kappa shape index (κ3) is 7.31. The zero-order chi connectivity index (χ0) is 30.3. The molecule has 2 N–H and O–H groups in total. The Morgan fingerprint density at radius 2 is 1.64 bits per heavy atom. The van der Waals surface area contributed by atoms with Gasteiger partial charge in [0.15, 0.2) is 0 Å². The summed E-state index contributed by atoms with van der Waals surface area (Å²) >= 11 is 0. The fourth-order valence-electron chi connectivity index (χ4n) is 4.49. The number of hydrazone groups is 1. The first-order valence-corrected chi connectivity index (χ1v) is 14.6. The first-order chi connectivity index (χ1) is 20.1. The van der Waals surface area contributed by atoms with Crippen LogP contribution in [0.25, 0.3) is 5.69 Å². The molecule has 3 aromatic carbocycles. The SMILES string of the molecule is COc1ccc(-n2c(C)cc(/C=N/NC(=O)CN(Cc3ccccc3)S(=O)(=O)c3ccc(NC(C)=O)cc3)c2C)cc1. The Balaban J connectivity index is 1.50. The van der Waals surface area contributed by atoms with Gasteiger partial charge in [-0.15, -0.1) is 0 Å². The Hall–Kier alpha value is -4.74. The van der Waals surface area contributed by atoms with Crippen LogP contribution in [0.3, 0.4) is 0 Å². The van der Waals surface area contributed by atoms with Crippen molar-refractivity contribution in [3.05, 3.63) is 107 Å². The average molecular weight is 588 g/mol. The topological polar surface area (TPSA) is 122 Å². The van der Waals surface area contributed by atoms with Crippen LogP contribution in [0.2, 0.25) is 0 Å². The van der Waals surface area contributed by atoms with Crippen LogP contribution < -0.4 is 15.5 Å². The molecule has 42 heavy (non-hydrogen) atoms. The van der Waals surface area contributed by atoms with Gasteiger partial charge in [-0.1, -0.05) is 30.3 Å². The predicted molar refractivity (Wildman–Crippen MR) is 162 cm³/mol. The molecular formula is C31H33N5O5S. The van der Waals surface area contributed by atoms with Crippen LogP contribution in [-0.2, 0) is 26.2 Å². The molecule has 0 saturated heterocycles. The largest absolute Gasteiger partial charge is 0.497 e. The van der Waals surface area contributed by atoms with Gasteiger partial charge in [0.1, 0.15) is 5.75 Å². The zero-order valence-electron chi connectivity index (χ0n) is 23.9. The van der Waals surface area contributed by atoms with Crippen molar-refractivity contribution in [3.8, 4) is 11.4 Å². The van der Waals surface area contributed by atoms with Gasteiger partial charge in [0.2, 0.25) is 15.9 Å². The van der Waals surface area contributed by atoms with Gasteiger partial charge in [0.25, 0.3) is 5.91 Å². The van der Waals surface area contributed by atoms with E-state index >= 15 is 0 Å². The number of anilines is 1. The lowest BCUT2D eigenvalue weighted by Gasteiger charge is -2.21. The normalized spacial score (nSPS) is 11.5. The van der Waals surface area contributed by atoms with E-state index in [1.54, 1.807) is 31.4 Å². The number of benzene rings is 3. The van der Waals surface area contributed by atoms with Crippen LogP contribution in [0.1, 0.15) is 29.4 Å². The quantitative estimate of drug-likeness (QED) is 0.199. The number of aryl methyl sites for hydroxylation is 1. The second-order valence-corrected chi connectivity index (χ2v) is 11.6. The van der Waals surface area contributed by atoms with Gasteiger partial charge >= 0.3 is 0 Å². The number of rotatable bonds is 11. The lowest BCUT2D eigenvalue weighted by atomic mass is 10.2. The van der Waals surface area contributed by atoms with E-state index in [1.807, 2.05) is 50.2 Å². The molecule has 0 aliphatic heterocycles. The van der Waals surface area contributed by atoms with Gasteiger partial charge in [-0.25, -0.2) is 13.8 Å². The van der Waals surface area contributed by atoms with Gasteiger partial charge in [0, 0.05) is 41.8 Å². The van der Waals surface area contributed by atoms with Gasteiger partial charge < -0.3 is 14.6 Å². The molecule has 1 aromatic heterocycles. The predicted octanol–water partition coefficient (Wildman–Crippen LogP) is 4.40. The highest BCUT2D eigenvalue weighted by Gasteiger charge is 2.27. The Kier molecular flexibility index (Phi) is 9.56. The Bertz CT molecular complexity index is 1680. The maximum absolute atomic E-state index is 13.6. The second kappa shape index (κ2) is 13.3. The molecule has 0 spiro atoms. The summed E-state index contributed by atoms with van der Waals surface area (Å²) in [6.45, 7) is 4.82. The number of amides is 2. The van der Waals surface area contributed by atoms with Gasteiger partial charge in [-0.2, -0.15) is 9.41 Å². The summed E-state index contributed by atoms with van der Waals surface area (Å²) in [6.07, 6.45) is 1.54. The van der Waals surface area contributed by atoms with Crippen LogP contribution in [0.5, 0.6) is 5.75 Å². The Morgan fingerprint density at radius 1 is 0.976 bits per heavy atom. The summed E-state index contributed by atoms with van der Waals surface area (Å²) in [4.78, 5) is 24.3. The van der Waals surface area contributed by atoms with Crippen LogP contribution >= 0.6 is 0 Å². The maximum Gasteiger partial charge on any atom is 0.255 e.